The average Bonchev–Trinajstić information content (AvgIpc) is 2.69. The second kappa shape index (κ2) is 11.3. The summed E-state index contributed by atoms with van der Waals surface area (Å²) in [5, 5.41) is 14.9. The molecule has 0 unspecified atom stereocenters. The molecule has 0 aliphatic carbocycles. The predicted molar refractivity (Wildman–Crippen MR) is 118 cm³/mol. The van der Waals surface area contributed by atoms with Gasteiger partial charge in [-0.15, -0.1) is 0 Å². The molecule has 2 amide bonds. The first-order valence-corrected chi connectivity index (χ1v) is 10.5. The number of aromatic nitrogens is 2. The van der Waals surface area contributed by atoms with Crippen LogP contribution in [0.3, 0.4) is 0 Å². The van der Waals surface area contributed by atoms with Crippen molar-refractivity contribution in [2.75, 3.05) is 6.54 Å². The van der Waals surface area contributed by atoms with Crippen LogP contribution in [0.1, 0.15) is 52.3 Å². The summed E-state index contributed by atoms with van der Waals surface area (Å²) in [4.78, 5) is 54.3. The van der Waals surface area contributed by atoms with Gasteiger partial charge in [0.2, 0.25) is 5.91 Å². The number of hydrogen-bond donors (Lipinski definition) is 4. The Bertz CT molecular complexity index is 1010. The molecule has 2 aromatic rings. The van der Waals surface area contributed by atoms with Crippen molar-refractivity contribution in [2.24, 2.45) is 0 Å². The van der Waals surface area contributed by atoms with E-state index in [1.165, 1.54) is 0 Å². The number of amides is 2. The van der Waals surface area contributed by atoms with Crippen molar-refractivity contribution < 1.29 is 24.2 Å². The molecule has 0 aliphatic rings. The molecule has 10 heteroatoms. The third-order valence-corrected chi connectivity index (χ3v) is 4.47. The zero-order valence-corrected chi connectivity index (χ0v) is 18.6. The first-order chi connectivity index (χ1) is 15.0. The summed E-state index contributed by atoms with van der Waals surface area (Å²) < 4.78 is 5.12. The van der Waals surface area contributed by atoms with Gasteiger partial charge in [0.05, 0.1) is 10.9 Å². The highest BCUT2D eigenvalue weighted by Gasteiger charge is 2.20. The number of ether oxygens (including phenoxy) is 1. The molecule has 0 fully saturated rings. The van der Waals surface area contributed by atoms with E-state index in [1.54, 1.807) is 45.0 Å². The molecule has 174 valence electrons. The van der Waals surface area contributed by atoms with E-state index in [2.05, 4.69) is 20.6 Å². The van der Waals surface area contributed by atoms with Crippen LogP contribution in [-0.2, 0) is 20.7 Å². The zero-order valence-electron chi connectivity index (χ0n) is 18.6. The van der Waals surface area contributed by atoms with Gasteiger partial charge in [-0.05, 0) is 52.2 Å². The normalized spacial score (nSPS) is 12.2. The number of carboxylic acid groups (broad SMARTS) is 1. The molecule has 0 radical (unpaired) electrons. The fraction of sp³-hybridized carbons (Fsp3) is 0.500. The van der Waals surface area contributed by atoms with Crippen LogP contribution in [0.4, 0.5) is 4.79 Å². The van der Waals surface area contributed by atoms with Gasteiger partial charge in [0.15, 0.2) is 0 Å². The van der Waals surface area contributed by atoms with E-state index >= 15 is 0 Å². The Morgan fingerprint density at radius 1 is 1.19 bits per heavy atom. The van der Waals surface area contributed by atoms with Gasteiger partial charge in [-0.2, -0.15) is 0 Å². The lowest BCUT2D eigenvalue weighted by Gasteiger charge is -2.19. The van der Waals surface area contributed by atoms with Crippen molar-refractivity contribution in [2.45, 2.75) is 64.5 Å². The lowest BCUT2D eigenvalue weighted by molar-refractivity contribution is -0.142. The molecule has 4 N–H and O–H groups in total. The highest BCUT2D eigenvalue weighted by atomic mass is 16.6. The Balaban J connectivity index is 1.76. The Morgan fingerprint density at radius 2 is 1.91 bits per heavy atom. The number of unbranched alkanes of at least 4 members (excludes halogenated alkanes) is 1. The highest BCUT2D eigenvalue weighted by molar-refractivity contribution is 5.83. The molecule has 1 aromatic carbocycles. The smallest absolute Gasteiger partial charge is 0.407 e. The second-order valence-electron chi connectivity index (χ2n) is 8.41. The van der Waals surface area contributed by atoms with Gasteiger partial charge >= 0.3 is 12.1 Å². The zero-order chi connectivity index (χ0) is 23.7. The summed E-state index contributed by atoms with van der Waals surface area (Å²) in [6.45, 7) is 5.64. The molecule has 0 spiro atoms. The molecule has 10 nitrogen and oxygen atoms in total. The van der Waals surface area contributed by atoms with Crippen molar-refractivity contribution in [3.63, 3.8) is 0 Å². The van der Waals surface area contributed by atoms with E-state index in [0.717, 1.165) is 0 Å². The van der Waals surface area contributed by atoms with Crippen molar-refractivity contribution in [3.05, 3.63) is 40.4 Å². The number of rotatable bonds is 10. The van der Waals surface area contributed by atoms with Crippen LogP contribution in [-0.4, -0.2) is 51.2 Å². The van der Waals surface area contributed by atoms with E-state index in [1.807, 2.05) is 0 Å². The number of aromatic amines is 1. The minimum atomic E-state index is -1.13. The number of para-hydroxylation sites is 1. The van der Waals surface area contributed by atoms with Gasteiger partial charge in [-0.1, -0.05) is 12.1 Å². The van der Waals surface area contributed by atoms with Crippen LogP contribution in [0.5, 0.6) is 0 Å². The molecule has 1 aromatic heterocycles. The van der Waals surface area contributed by atoms with Gasteiger partial charge in [-0.25, -0.2) is 14.6 Å². The molecule has 32 heavy (non-hydrogen) atoms. The summed E-state index contributed by atoms with van der Waals surface area (Å²) in [5.74, 6) is -1.21. The number of aryl methyl sites for hydroxylation is 1. The maximum atomic E-state index is 12.2. The first-order valence-electron chi connectivity index (χ1n) is 10.5. The molecule has 1 heterocycles. The Hall–Kier alpha value is -3.43. The molecule has 0 aliphatic heterocycles. The van der Waals surface area contributed by atoms with E-state index in [-0.39, 0.29) is 24.8 Å². The third kappa shape index (κ3) is 8.37. The number of H-pyrrole nitrogens is 1. The second-order valence-corrected chi connectivity index (χ2v) is 8.41. The molecular formula is C22H30N4O6. The van der Waals surface area contributed by atoms with Crippen molar-refractivity contribution >= 4 is 28.9 Å². The lowest BCUT2D eigenvalue weighted by atomic mass is 10.1. The Labute approximate surface area is 185 Å². The molecular weight excluding hydrogens is 416 g/mol. The van der Waals surface area contributed by atoms with Crippen LogP contribution in [0.2, 0.25) is 0 Å². The number of aliphatic carboxylic acids is 1. The van der Waals surface area contributed by atoms with Crippen LogP contribution >= 0.6 is 0 Å². The summed E-state index contributed by atoms with van der Waals surface area (Å²) in [6.07, 6.45) is 0.903. The standard InChI is InChI=1S/C22H30N4O6/c1-22(2,3)32-21(31)23-13-7-6-10-16(20(29)30)25-18(27)12-11-17-24-15-9-5-4-8-14(15)19(28)26-17/h4-5,8-9,16H,6-7,10-13H2,1-3H3,(H,23,31)(H,25,27)(H,29,30)(H,24,26,28)/t16-/m0/s1. The van der Waals surface area contributed by atoms with Gasteiger partial charge in [0.25, 0.3) is 5.56 Å². The van der Waals surface area contributed by atoms with Crippen molar-refractivity contribution in [1.82, 2.24) is 20.6 Å². The van der Waals surface area contributed by atoms with E-state index in [9.17, 15) is 24.3 Å². The highest BCUT2D eigenvalue weighted by Crippen LogP contribution is 2.08. The summed E-state index contributed by atoms with van der Waals surface area (Å²) in [5.41, 5.74) is -0.331. The Kier molecular flexibility index (Phi) is 8.74. The quantitative estimate of drug-likeness (QED) is 0.408. The third-order valence-electron chi connectivity index (χ3n) is 4.47. The van der Waals surface area contributed by atoms with Crippen LogP contribution in [0, 0.1) is 0 Å². The van der Waals surface area contributed by atoms with Crippen LogP contribution in [0.15, 0.2) is 29.1 Å². The number of fused-ring (bicyclic) bond motifs is 1. The summed E-state index contributed by atoms with van der Waals surface area (Å²) in [6, 6.07) is 5.86. The average molecular weight is 447 g/mol. The number of carbonyl (C=O) groups is 3. The minimum Gasteiger partial charge on any atom is -0.480 e. The molecule has 0 saturated heterocycles. The largest absolute Gasteiger partial charge is 0.480 e. The molecule has 0 bridgehead atoms. The van der Waals surface area contributed by atoms with E-state index in [0.29, 0.717) is 36.1 Å². The van der Waals surface area contributed by atoms with Gasteiger partial charge in [-0.3, -0.25) is 9.59 Å². The Morgan fingerprint density at radius 3 is 2.59 bits per heavy atom. The summed E-state index contributed by atoms with van der Waals surface area (Å²) >= 11 is 0. The predicted octanol–water partition coefficient (Wildman–Crippen LogP) is 2.12. The monoisotopic (exact) mass is 446 g/mol. The number of carbonyl (C=O) groups excluding carboxylic acids is 2. The van der Waals surface area contributed by atoms with E-state index < -0.39 is 29.6 Å². The van der Waals surface area contributed by atoms with Gasteiger partial charge in [0, 0.05) is 19.4 Å². The van der Waals surface area contributed by atoms with Crippen LogP contribution < -0.4 is 16.2 Å². The van der Waals surface area contributed by atoms with Crippen molar-refractivity contribution in [3.8, 4) is 0 Å². The first kappa shape index (κ1) is 24.8. The van der Waals surface area contributed by atoms with E-state index in [4.69, 9.17) is 4.74 Å². The van der Waals surface area contributed by atoms with Gasteiger partial charge in [0.1, 0.15) is 17.5 Å². The topological polar surface area (TPSA) is 150 Å². The van der Waals surface area contributed by atoms with Gasteiger partial charge < -0.3 is 25.5 Å². The molecule has 1 atom stereocenters. The number of carboxylic acids is 1. The number of nitrogens with one attached hydrogen (secondary N) is 3. The van der Waals surface area contributed by atoms with Crippen LogP contribution in [0.25, 0.3) is 10.9 Å². The number of nitrogens with zero attached hydrogens (tertiary/aromatic N) is 1. The number of alkyl carbamates (subject to hydrolysis) is 1. The molecule has 0 saturated carbocycles. The fourth-order valence-electron chi connectivity index (χ4n) is 2.99. The summed E-state index contributed by atoms with van der Waals surface area (Å²) in [7, 11) is 0. The lowest BCUT2D eigenvalue weighted by Crippen LogP contribution is -2.41. The maximum Gasteiger partial charge on any atom is 0.407 e. The van der Waals surface area contributed by atoms with Crippen molar-refractivity contribution in [1.29, 1.82) is 0 Å². The maximum absolute atomic E-state index is 12.2. The minimum absolute atomic E-state index is 0.00867. The fourth-order valence-corrected chi connectivity index (χ4v) is 2.99. The SMILES string of the molecule is CC(C)(C)OC(=O)NCCCC[C@H](NC(=O)CCc1nc2ccccc2c(=O)[nH]1)C(=O)O. The number of benzene rings is 1. The molecule has 2 rings (SSSR count). The number of hydrogen-bond acceptors (Lipinski definition) is 6.